The lowest BCUT2D eigenvalue weighted by molar-refractivity contribution is 0.260. The van der Waals surface area contributed by atoms with Gasteiger partial charge in [0.2, 0.25) is 0 Å². The van der Waals surface area contributed by atoms with Crippen molar-refractivity contribution in [2.45, 2.75) is 44.6 Å². The second-order valence-electron chi connectivity index (χ2n) is 3.81. The Morgan fingerprint density at radius 3 is 2.58 bits per heavy atom. The van der Waals surface area contributed by atoms with Gasteiger partial charge in [0.25, 0.3) is 0 Å². The van der Waals surface area contributed by atoms with Crippen molar-refractivity contribution in [1.29, 1.82) is 0 Å². The summed E-state index contributed by atoms with van der Waals surface area (Å²) in [5, 5.41) is 12.1. The molecule has 1 aliphatic rings. The normalized spacial score (nSPS) is 21.5. The highest BCUT2D eigenvalue weighted by Gasteiger charge is 2.22. The fourth-order valence-corrected chi connectivity index (χ4v) is 2.29. The van der Waals surface area contributed by atoms with Gasteiger partial charge in [0.05, 0.1) is 0 Å². The first-order chi connectivity index (χ1) is 5.88. The third-order valence-electron chi connectivity index (χ3n) is 3.01. The Kier molecular flexibility index (Phi) is 4.62. The topological polar surface area (TPSA) is 32.3 Å². The Bertz CT molecular complexity index is 110. The molecule has 2 N–H and O–H groups in total. The van der Waals surface area contributed by atoms with Crippen molar-refractivity contribution in [3.63, 3.8) is 0 Å². The molecule has 1 atom stereocenters. The van der Waals surface area contributed by atoms with Crippen LogP contribution in [0.25, 0.3) is 0 Å². The molecule has 0 aromatic carbocycles. The van der Waals surface area contributed by atoms with E-state index in [4.69, 9.17) is 5.11 Å². The lowest BCUT2D eigenvalue weighted by Gasteiger charge is -2.22. The summed E-state index contributed by atoms with van der Waals surface area (Å²) in [7, 11) is 2.04. The fraction of sp³-hybridized carbons (Fsp3) is 1.00. The zero-order valence-corrected chi connectivity index (χ0v) is 8.05. The van der Waals surface area contributed by atoms with Crippen LogP contribution in [0.4, 0.5) is 0 Å². The molecule has 0 bridgehead atoms. The van der Waals surface area contributed by atoms with Gasteiger partial charge in [-0.25, -0.2) is 0 Å². The van der Waals surface area contributed by atoms with Gasteiger partial charge in [0.1, 0.15) is 0 Å². The average Bonchev–Trinajstić information content (AvgIpc) is 2.59. The molecule has 0 amide bonds. The largest absolute Gasteiger partial charge is 0.396 e. The predicted octanol–water partition coefficient (Wildman–Crippen LogP) is 1.54. The van der Waals surface area contributed by atoms with Crippen LogP contribution in [-0.4, -0.2) is 24.8 Å². The van der Waals surface area contributed by atoms with E-state index in [2.05, 4.69) is 5.32 Å². The minimum Gasteiger partial charge on any atom is -0.396 e. The van der Waals surface area contributed by atoms with Gasteiger partial charge in [-0.05, 0) is 38.6 Å². The van der Waals surface area contributed by atoms with Crippen LogP contribution in [-0.2, 0) is 0 Å². The van der Waals surface area contributed by atoms with E-state index < -0.39 is 0 Å². The van der Waals surface area contributed by atoms with Gasteiger partial charge in [0.15, 0.2) is 0 Å². The van der Waals surface area contributed by atoms with Crippen LogP contribution in [0.15, 0.2) is 0 Å². The third-order valence-corrected chi connectivity index (χ3v) is 3.01. The molecule has 1 rings (SSSR count). The van der Waals surface area contributed by atoms with Crippen LogP contribution in [0, 0.1) is 5.92 Å². The summed E-state index contributed by atoms with van der Waals surface area (Å²) in [5.41, 5.74) is 0. The van der Waals surface area contributed by atoms with Crippen LogP contribution in [0.1, 0.15) is 38.5 Å². The summed E-state index contributed by atoms with van der Waals surface area (Å²) in [6, 6.07) is 0.652. The first kappa shape index (κ1) is 10.0. The number of aliphatic hydroxyl groups is 1. The molecule has 0 aliphatic heterocycles. The number of hydrogen-bond acceptors (Lipinski definition) is 2. The predicted molar refractivity (Wildman–Crippen MR) is 51.1 cm³/mol. The molecule has 1 saturated carbocycles. The lowest BCUT2D eigenvalue weighted by atomic mass is 9.94. The van der Waals surface area contributed by atoms with Crippen molar-refractivity contribution in [1.82, 2.24) is 5.32 Å². The SMILES string of the molecule is CNC(CCCO)C1CCCC1. The molecule has 1 fully saturated rings. The average molecular weight is 171 g/mol. The molecule has 0 spiro atoms. The van der Waals surface area contributed by atoms with Crippen molar-refractivity contribution < 1.29 is 5.11 Å². The maximum absolute atomic E-state index is 8.73. The molecule has 0 saturated heterocycles. The summed E-state index contributed by atoms with van der Waals surface area (Å²) >= 11 is 0. The molecule has 0 aromatic heterocycles. The Labute approximate surface area is 75.4 Å². The standard InChI is InChI=1S/C10H21NO/c1-11-10(7-4-8-12)9-5-2-3-6-9/h9-12H,2-8H2,1H3. The van der Waals surface area contributed by atoms with E-state index in [1.807, 2.05) is 7.05 Å². The summed E-state index contributed by atoms with van der Waals surface area (Å²) < 4.78 is 0. The van der Waals surface area contributed by atoms with Crippen molar-refractivity contribution >= 4 is 0 Å². The molecule has 1 aliphatic carbocycles. The van der Waals surface area contributed by atoms with E-state index in [1.54, 1.807) is 0 Å². The quantitative estimate of drug-likeness (QED) is 0.657. The van der Waals surface area contributed by atoms with Gasteiger partial charge >= 0.3 is 0 Å². The molecular weight excluding hydrogens is 150 g/mol. The summed E-state index contributed by atoms with van der Waals surface area (Å²) in [6.07, 6.45) is 7.66. The summed E-state index contributed by atoms with van der Waals surface area (Å²) in [4.78, 5) is 0. The maximum atomic E-state index is 8.73. The zero-order chi connectivity index (χ0) is 8.81. The van der Waals surface area contributed by atoms with Gasteiger partial charge in [-0.15, -0.1) is 0 Å². The highest BCUT2D eigenvalue weighted by Crippen LogP contribution is 2.29. The van der Waals surface area contributed by atoms with E-state index in [9.17, 15) is 0 Å². The first-order valence-corrected chi connectivity index (χ1v) is 5.16. The number of nitrogens with one attached hydrogen (secondary N) is 1. The molecule has 12 heavy (non-hydrogen) atoms. The number of rotatable bonds is 5. The fourth-order valence-electron chi connectivity index (χ4n) is 2.29. The minimum atomic E-state index is 0.338. The highest BCUT2D eigenvalue weighted by atomic mass is 16.2. The van der Waals surface area contributed by atoms with E-state index in [-0.39, 0.29) is 0 Å². The Balaban J connectivity index is 2.22. The van der Waals surface area contributed by atoms with Crippen LogP contribution >= 0.6 is 0 Å². The van der Waals surface area contributed by atoms with Crippen molar-refractivity contribution in [3.8, 4) is 0 Å². The van der Waals surface area contributed by atoms with E-state index in [0.29, 0.717) is 12.6 Å². The minimum absolute atomic E-state index is 0.338. The maximum Gasteiger partial charge on any atom is 0.0431 e. The molecule has 0 aromatic rings. The van der Waals surface area contributed by atoms with Gasteiger partial charge in [-0.1, -0.05) is 12.8 Å². The molecule has 2 nitrogen and oxygen atoms in total. The van der Waals surface area contributed by atoms with Crippen molar-refractivity contribution in [2.24, 2.45) is 5.92 Å². The molecule has 72 valence electrons. The third kappa shape index (κ3) is 2.76. The molecule has 0 heterocycles. The highest BCUT2D eigenvalue weighted by molar-refractivity contribution is 4.79. The van der Waals surface area contributed by atoms with Crippen LogP contribution in [0.3, 0.4) is 0 Å². The molecule has 2 heteroatoms. The van der Waals surface area contributed by atoms with E-state index >= 15 is 0 Å². The van der Waals surface area contributed by atoms with Crippen LogP contribution < -0.4 is 5.32 Å². The van der Waals surface area contributed by atoms with E-state index in [0.717, 1.165) is 18.8 Å². The Morgan fingerprint density at radius 1 is 1.42 bits per heavy atom. The van der Waals surface area contributed by atoms with Crippen LogP contribution in [0.2, 0.25) is 0 Å². The van der Waals surface area contributed by atoms with Crippen molar-refractivity contribution in [2.75, 3.05) is 13.7 Å². The van der Waals surface area contributed by atoms with Crippen molar-refractivity contribution in [3.05, 3.63) is 0 Å². The smallest absolute Gasteiger partial charge is 0.0431 e. The van der Waals surface area contributed by atoms with Gasteiger partial charge in [0, 0.05) is 12.6 Å². The number of aliphatic hydroxyl groups excluding tert-OH is 1. The monoisotopic (exact) mass is 171 g/mol. The first-order valence-electron chi connectivity index (χ1n) is 5.16. The second kappa shape index (κ2) is 5.55. The number of hydrogen-bond donors (Lipinski definition) is 2. The zero-order valence-electron chi connectivity index (χ0n) is 8.05. The van der Waals surface area contributed by atoms with E-state index in [1.165, 1.54) is 25.7 Å². The molecule has 1 unspecified atom stereocenters. The van der Waals surface area contributed by atoms with Gasteiger partial charge in [-0.3, -0.25) is 0 Å². The summed E-state index contributed by atoms with van der Waals surface area (Å²) in [6.45, 7) is 0.338. The van der Waals surface area contributed by atoms with Gasteiger partial charge in [-0.2, -0.15) is 0 Å². The molecule has 0 radical (unpaired) electrons. The van der Waals surface area contributed by atoms with Crippen LogP contribution in [0.5, 0.6) is 0 Å². The Morgan fingerprint density at radius 2 is 2.08 bits per heavy atom. The summed E-state index contributed by atoms with van der Waals surface area (Å²) in [5.74, 6) is 0.876. The van der Waals surface area contributed by atoms with Gasteiger partial charge < -0.3 is 10.4 Å². The second-order valence-corrected chi connectivity index (χ2v) is 3.81. The lowest BCUT2D eigenvalue weighted by Crippen LogP contribution is -2.32. The Hall–Kier alpha value is -0.0800. The molecular formula is C10H21NO.